The van der Waals surface area contributed by atoms with Gasteiger partial charge in [-0.1, -0.05) is 24.3 Å². The predicted octanol–water partition coefficient (Wildman–Crippen LogP) is 1.47. The van der Waals surface area contributed by atoms with E-state index in [1.54, 1.807) is 38.2 Å². The van der Waals surface area contributed by atoms with Crippen molar-refractivity contribution < 1.29 is 19.1 Å². The van der Waals surface area contributed by atoms with Crippen LogP contribution in [0, 0.1) is 11.8 Å². The predicted molar refractivity (Wildman–Crippen MR) is 58.5 cm³/mol. The van der Waals surface area contributed by atoms with Gasteiger partial charge in [-0.25, -0.2) is 0 Å². The SMILES string of the molecule is CCOC(=O)C1C=CC=CC1C(=O)OCC. The highest BCUT2D eigenvalue weighted by atomic mass is 16.5. The number of carbonyl (C=O) groups excluding carboxylic acids is 2. The lowest BCUT2D eigenvalue weighted by Gasteiger charge is -2.20. The minimum Gasteiger partial charge on any atom is -0.466 e. The largest absolute Gasteiger partial charge is 0.466 e. The Bertz CT molecular complexity index is 285. The van der Waals surface area contributed by atoms with Crippen molar-refractivity contribution in [3.8, 4) is 0 Å². The summed E-state index contributed by atoms with van der Waals surface area (Å²) in [5.74, 6) is -1.91. The lowest BCUT2D eigenvalue weighted by Crippen LogP contribution is -2.31. The van der Waals surface area contributed by atoms with Gasteiger partial charge < -0.3 is 9.47 Å². The fraction of sp³-hybridized carbons (Fsp3) is 0.500. The van der Waals surface area contributed by atoms with Crippen molar-refractivity contribution in [1.82, 2.24) is 0 Å². The normalized spacial score (nSPS) is 22.9. The third kappa shape index (κ3) is 2.95. The number of hydrogen-bond donors (Lipinski definition) is 0. The molecule has 0 heterocycles. The van der Waals surface area contributed by atoms with Crippen molar-refractivity contribution >= 4 is 11.9 Å². The molecule has 0 aromatic rings. The smallest absolute Gasteiger partial charge is 0.313 e. The minimum absolute atomic E-state index is 0.308. The van der Waals surface area contributed by atoms with Crippen LogP contribution in [0.2, 0.25) is 0 Å². The lowest BCUT2D eigenvalue weighted by molar-refractivity contribution is -0.156. The Balaban J connectivity index is 2.73. The van der Waals surface area contributed by atoms with Crippen molar-refractivity contribution in [2.24, 2.45) is 11.8 Å². The molecule has 0 aliphatic heterocycles. The van der Waals surface area contributed by atoms with Crippen molar-refractivity contribution in [3.05, 3.63) is 24.3 Å². The standard InChI is InChI=1S/C12H16O4/c1-3-15-11(13)9-7-5-6-8-10(9)12(14)16-4-2/h5-10H,3-4H2,1-2H3. The highest BCUT2D eigenvalue weighted by Gasteiger charge is 2.33. The second kappa shape index (κ2) is 6.10. The molecule has 0 saturated heterocycles. The molecular formula is C12H16O4. The summed E-state index contributed by atoms with van der Waals surface area (Å²) in [5, 5.41) is 0. The molecule has 16 heavy (non-hydrogen) atoms. The van der Waals surface area contributed by atoms with Gasteiger partial charge in [0.2, 0.25) is 0 Å². The number of esters is 2. The van der Waals surface area contributed by atoms with Crippen LogP contribution in [0.3, 0.4) is 0 Å². The van der Waals surface area contributed by atoms with Crippen LogP contribution in [-0.2, 0) is 19.1 Å². The molecule has 2 unspecified atom stereocenters. The van der Waals surface area contributed by atoms with E-state index in [9.17, 15) is 9.59 Å². The molecule has 0 N–H and O–H groups in total. The van der Waals surface area contributed by atoms with E-state index >= 15 is 0 Å². The zero-order chi connectivity index (χ0) is 12.0. The van der Waals surface area contributed by atoms with E-state index in [1.807, 2.05) is 0 Å². The van der Waals surface area contributed by atoms with Gasteiger partial charge in [-0.2, -0.15) is 0 Å². The molecule has 0 aromatic heterocycles. The molecule has 1 aliphatic rings. The van der Waals surface area contributed by atoms with Crippen molar-refractivity contribution in [2.45, 2.75) is 13.8 Å². The zero-order valence-corrected chi connectivity index (χ0v) is 9.51. The number of rotatable bonds is 4. The quantitative estimate of drug-likeness (QED) is 0.678. The van der Waals surface area contributed by atoms with Crippen molar-refractivity contribution in [1.29, 1.82) is 0 Å². The van der Waals surface area contributed by atoms with E-state index in [0.29, 0.717) is 13.2 Å². The molecule has 0 bridgehead atoms. The molecule has 0 aromatic carbocycles. The Morgan fingerprint density at radius 1 is 0.938 bits per heavy atom. The van der Waals surface area contributed by atoms with Crippen molar-refractivity contribution in [3.63, 3.8) is 0 Å². The summed E-state index contributed by atoms with van der Waals surface area (Å²) in [6, 6.07) is 0. The molecular weight excluding hydrogens is 208 g/mol. The average molecular weight is 224 g/mol. The Labute approximate surface area is 94.9 Å². The monoisotopic (exact) mass is 224 g/mol. The maximum Gasteiger partial charge on any atom is 0.313 e. The van der Waals surface area contributed by atoms with Gasteiger partial charge >= 0.3 is 11.9 Å². The Morgan fingerprint density at radius 2 is 1.31 bits per heavy atom. The first-order chi connectivity index (χ1) is 7.70. The maximum absolute atomic E-state index is 11.6. The zero-order valence-electron chi connectivity index (χ0n) is 9.51. The average Bonchev–Trinajstić information content (AvgIpc) is 2.30. The third-order valence-electron chi connectivity index (χ3n) is 2.25. The highest BCUT2D eigenvalue weighted by molar-refractivity contribution is 5.85. The third-order valence-corrected chi connectivity index (χ3v) is 2.25. The van der Waals surface area contributed by atoms with E-state index in [2.05, 4.69) is 0 Å². The van der Waals surface area contributed by atoms with E-state index in [4.69, 9.17) is 9.47 Å². The molecule has 1 rings (SSSR count). The van der Waals surface area contributed by atoms with Gasteiger partial charge in [0.25, 0.3) is 0 Å². The second-order valence-corrected chi connectivity index (χ2v) is 3.33. The van der Waals surface area contributed by atoms with Crippen LogP contribution in [-0.4, -0.2) is 25.2 Å². The molecule has 4 nitrogen and oxygen atoms in total. The molecule has 0 radical (unpaired) electrons. The van der Waals surface area contributed by atoms with E-state index in [-0.39, 0.29) is 11.9 Å². The molecule has 0 saturated carbocycles. The molecule has 0 fully saturated rings. The van der Waals surface area contributed by atoms with Gasteiger partial charge in [-0.15, -0.1) is 0 Å². The summed E-state index contributed by atoms with van der Waals surface area (Å²) in [4.78, 5) is 23.2. The number of carbonyl (C=O) groups is 2. The second-order valence-electron chi connectivity index (χ2n) is 3.33. The number of hydrogen-bond acceptors (Lipinski definition) is 4. The van der Waals surface area contributed by atoms with Crippen LogP contribution in [0.25, 0.3) is 0 Å². The Hall–Kier alpha value is -1.58. The van der Waals surface area contributed by atoms with Gasteiger partial charge in [-0.3, -0.25) is 9.59 Å². The molecule has 0 spiro atoms. The van der Waals surface area contributed by atoms with E-state index in [1.165, 1.54) is 0 Å². The van der Waals surface area contributed by atoms with Crippen LogP contribution < -0.4 is 0 Å². The molecule has 1 aliphatic carbocycles. The Morgan fingerprint density at radius 3 is 1.62 bits per heavy atom. The molecule has 4 heteroatoms. The topological polar surface area (TPSA) is 52.6 Å². The van der Waals surface area contributed by atoms with Crippen LogP contribution in [0.4, 0.5) is 0 Å². The van der Waals surface area contributed by atoms with Gasteiger partial charge in [0.15, 0.2) is 0 Å². The maximum atomic E-state index is 11.6. The van der Waals surface area contributed by atoms with E-state index in [0.717, 1.165) is 0 Å². The van der Waals surface area contributed by atoms with E-state index < -0.39 is 11.8 Å². The number of ether oxygens (including phenoxy) is 2. The molecule has 0 amide bonds. The first kappa shape index (κ1) is 12.5. The summed E-state index contributed by atoms with van der Waals surface area (Å²) < 4.78 is 9.82. The van der Waals surface area contributed by atoms with Gasteiger partial charge in [-0.05, 0) is 13.8 Å². The summed E-state index contributed by atoms with van der Waals surface area (Å²) >= 11 is 0. The van der Waals surface area contributed by atoms with Crippen LogP contribution in [0.15, 0.2) is 24.3 Å². The van der Waals surface area contributed by atoms with Crippen LogP contribution in [0.1, 0.15) is 13.8 Å². The fourth-order valence-corrected chi connectivity index (χ4v) is 1.53. The molecule has 88 valence electrons. The summed E-state index contributed by atoms with van der Waals surface area (Å²) in [7, 11) is 0. The van der Waals surface area contributed by atoms with Crippen LogP contribution >= 0.6 is 0 Å². The summed E-state index contributed by atoms with van der Waals surface area (Å²) in [5.41, 5.74) is 0. The lowest BCUT2D eigenvalue weighted by atomic mass is 9.88. The summed E-state index contributed by atoms with van der Waals surface area (Å²) in [6.45, 7) is 4.09. The summed E-state index contributed by atoms with van der Waals surface area (Å²) in [6.07, 6.45) is 6.80. The van der Waals surface area contributed by atoms with Gasteiger partial charge in [0.1, 0.15) is 0 Å². The van der Waals surface area contributed by atoms with Crippen molar-refractivity contribution in [2.75, 3.05) is 13.2 Å². The Kier molecular flexibility index (Phi) is 4.76. The minimum atomic E-state index is -0.566. The highest BCUT2D eigenvalue weighted by Crippen LogP contribution is 2.22. The first-order valence-electron chi connectivity index (χ1n) is 5.39. The van der Waals surface area contributed by atoms with Gasteiger partial charge in [0.05, 0.1) is 25.0 Å². The fourth-order valence-electron chi connectivity index (χ4n) is 1.53. The number of allylic oxidation sites excluding steroid dienone is 2. The first-order valence-corrected chi connectivity index (χ1v) is 5.39. The van der Waals surface area contributed by atoms with Gasteiger partial charge in [0, 0.05) is 0 Å². The van der Waals surface area contributed by atoms with Crippen LogP contribution in [0.5, 0.6) is 0 Å². The molecule has 2 atom stereocenters.